The summed E-state index contributed by atoms with van der Waals surface area (Å²) in [7, 11) is 0. The molecule has 0 amide bonds. The Labute approximate surface area is 84.5 Å². The van der Waals surface area contributed by atoms with Crippen LogP contribution in [0.15, 0.2) is 6.07 Å². The molecule has 1 heterocycles. The second-order valence-corrected chi connectivity index (χ2v) is 4.45. The Morgan fingerprint density at radius 3 is 2.43 bits per heavy atom. The molecule has 14 heavy (non-hydrogen) atoms. The Kier molecular flexibility index (Phi) is 3.42. The van der Waals surface area contributed by atoms with Gasteiger partial charge in [0.05, 0.1) is 13.0 Å². The molecular weight excluding hydrogens is 213 g/mol. The van der Waals surface area contributed by atoms with E-state index in [1.54, 1.807) is 6.07 Å². The van der Waals surface area contributed by atoms with Gasteiger partial charge in [0.2, 0.25) is 0 Å². The minimum atomic E-state index is -4.14. The average molecular weight is 224 g/mol. The zero-order valence-corrected chi connectivity index (χ0v) is 8.76. The maximum atomic E-state index is 11.8. The van der Waals surface area contributed by atoms with Gasteiger partial charge in [-0.25, -0.2) is 0 Å². The van der Waals surface area contributed by atoms with Gasteiger partial charge < -0.3 is 4.74 Å². The van der Waals surface area contributed by atoms with Gasteiger partial charge in [0.15, 0.2) is 0 Å². The molecule has 0 saturated carbocycles. The highest BCUT2D eigenvalue weighted by Crippen LogP contribution is 2.28. The summed E-state index contributed by atoms with van der Waals surface area (Å²) in [6.45, 7) is 3.43. The Hall–Kier alpha value is -0.710. The summed E-state index contributed by atoms with van der Waals surface area (Å²) in [6, 6.07) is 1.76. The number of hydrogen-bond donors (Lipinski definition) is 0. The van der Waals surface area contributed by atoms with Gasteiger partial charge in [-0.1, -0.05) is 0 Å². The van der Waals surface area contributed by atoms with Crippen molar-refractivity contribution in [3.63, 3.8) is 0 Å². The Balaban J connectivity index is 2.42. The molecule has 0 N–H and O–H groups in total. The molecule has 0 unspecified atom stereocenters. The smallest absolute Gasteiger partial charge is 0.392 e. The fraction of sp³-hybridized carbons (Fsp3) is 0.556. The number of rotatable bonds is 3. The highest BCUT2D eigenvalue weighted by molar-refractivity contribution is 7.12. The maximum Gasteiger partial charge on any atom is 0.392 e. The van der Waals surface area contributed by atoms with E-state index in [0.29, 0.717) is 5.75 Å². The first kappa shape index (κ1) is 11.4. The van der Waals surface area contributed by atoms with Crippen LogP contribution in [0.5, 0.6) is 5.75 Å². The fourth-order valence-corrected chi connectivity index (χ4v) is 1.89. The van der Waals surface area contributed by atoms with Gasteiger partial charge in [-0.05, 0) is 19.9 Å². The molecule has 0 aliphatic rings. The van der Waals surface area contributed by atoms with Crippen molar-refractivity contribution in [1.82, 2.24) is 0 Å². The van der Waals surface area contributed by atoms with E-state index < -0.39 is 12.6 Å². The molecule has 0 aliphatic carbocycles. The summed E-state index contributed by atoms with van der Waals surface area (Å²) < 4.78 is 40.4. The van der Waals surface area contributed by atoms with Gasteiger partial charge in [0, 0.05) is 9.75 Å². The first-order chi connectivity index (χ1) is 6.38. The molecule has 1 aromatic rings. The van der Waals surface area contributed by atoms with Crippen LogP contribution in [0.25, 0.3) is 0 Å². The fourth-order valence-electron chi connectivity index (χ4n) is 1.03. The summed E-state index contributed by atoms with van der Waals surface area (Å²) in [4.78, 5) is 1.97. The molecular formula is C9H11F3OS. The van der Waals surface area contributed by atoms with Crippen LogP contribution in [0.2, 0.25) is 0 Å². The standard InChI is InChI=1S/C9H11F3OS/c1-6-5-8(7(2)14-6)13-4-3-9(10,11)12/h5H,3-4H2,1-2H3. The maximum absolute atomic E-state index is 11.8. The van der Waals surface area contributed by atoms with Crippen LogP contribution in [0, 0.1) is 13.8 Å². The minimum Gasteiger partial charge on any atom is -0.492 e. The van der Waals surface area contributed by atoms with Crippen LogP contribution < -0.4 is 4.74 Å². The van der Waals surface area contributed by atoms with Crippen molar-refractivity contribution in [3.05, 3.63) is 15.8 Å². The van der Waals surface area contributed by atoms with E-state index in [2.05, 4.69) is 0 Å². The van der Waals surface area contributed by atoms with Gasteiger partial charge in [-0.15, -0.1) is 11.3 Å². The van der Waals surface area contributed by atoms with Crippen molar-refractivity contribution in [2.75, 3.05) is 6.61 Å². The Morgan fingerprint density at radius 1 is 1.36 bits per heavy atom. The largest absolute Gasteiger partial charge is 0.492 e. The van der Waals surface area contributed by atoms with Gasteiger partial charge in [-0.3, -0.25) is 0 Å². The molecule has 0 bridgehead atoms. The van der Waals surface area contributed by atoms with Crippen LogP contribution in [0.3, 0.4) is 0 Å². The molecule has 0 atom stereocenters. The zero-order valence-electron chi connectivity index (χ0n) is 7.94. The lowest BCUT2D eigenvalue weighted by Gasteiger charge is -2.07. The number of alkyl halides is 3. The zero-order chi connectivity index (χ0) is 10.8. The third-order valence-corrected chi connectivity index (χ3v) is 2.59. The highest BCUT2D eigenvalue weighted by Gasteiger charge is 2.26. The molecule has 0 spiro atoms. The van der Waals surface area contributed by atoms with E-state index in [1.165, 1.54) is 11.3 Å². The topological polar surface area (TPSA) is 9.23 Å². The summed E-state index contributed by atoms with van der Waals surface area (Å²) >= 11 is 1.52. The Morgan fingerprint density at radius 2 is 2.00 bits per heavy atom. The van der Waals surface area contributed by atoms with E-state index in [1.807, 2.05) is 13.8 Å². The SMILES string of the molecule is Cc1cc(OCCC(F)(F)F)c(C)s1. The first-order valence-corrected chi connectivity index (χ1v) is 4.97. The summed E-state index contributed by atoms with van der Waals surface area (Å²) in [5, 5.41) is 0. The third kappa shape index (κ3) is 3.57. The van der Waals surface area contributed by atoms with E-state index in [-0.39, 0.29) is 6.61 Å². The van der Waals surface area contributed by atoms with Crippen molar-refractivity contribution >= 4 is 11.3 Å². The Bertz CT molecular complexity index is 303. The van der Waals surface area contributed by atoms with E-state index >= 15 is 0 Å². The number of hydrogen-bond acceptors (Lipinski definition) is 2. The number of thiophene rings is 1. The van der Waals surface area contributed by atoms with Gasteiger partial charge >= 0.3 is 6.18 Å². The molecule has 0 aromatic carbocycles. The number of aryl methyl sites for hydroxylation is 2. The lowest BCUT2D eigenvalue weighted by Crippen LogP contribution is -2.13. The molecule has 5 heteroatoms. The number of halogens is 3. The van der Waals surface area contributed by atoms with E-state index in [9.17, 15) is 13.2 Å². The second-order valence-electron chi connectivity index (χ2n) is 2.99. The van der Waals surface area contributed by atoms with Crippen LogP contribution >= 0.6 is 11.3 Å². The van der Waals surface area contributed by atoms with Crippen LogP contribution in [0.4, 0.5) is 13.2 Å². The lowest BCUT2D eigenvalue weighted by atomic mass is 10.4. The van der Waals surface area contributed by atoms with Crippen LogP contribution in [-0.4, -0.2) is 12.8 Å². The van der Waals surface area contributed by atoms with Gasteiger partial charge in [0.1, 0.15) is 5.75 Å². The first-order valence-electron chi connectivity index (χ1n) is 4.15. The molecule has 1 aromatic heterocycles. The molecule has 80 valence electrons. The van der Waals surface area contributed by atoms with Gasteiger partial charge in [-0.2, -0.15) is 13.2 Å². The summed E-state index contributed by atoms with van der Waals surface area (Å²) in [6.07, 6.45) is -5.04. The van der Waals surface area contributed by atoms with Crippen molar-refractivity contribution < 1.29 is 17.9 Å². The van der Waals surface area contributed by atoms with Crippen molar-refractivity contribution in [2.24, 2.45) is 0 Å². The van der Waals surface area contributed by atoms with E-state index in [0.717, 1.165) is 9.75 Å². The third-order valence-electron chi connectivity index (χ3n) is 1.64. The predicted octanol–water partition coefficient (Wildman–Crippen LogP) is 3.70. The molecule has 0 aliphatic heterocycles. The highest BCUT2D eigenvalue weighted by atomic mass is 32.1. The monoisotopic (exact) mass is 224 g/mol. The predicted molar refractivity (Wildman–Crippen MR) is 50.0 cm³/mol. The molecule has 0 saturated heterocycles. The lowest BCUT2D eigenvalue weighted by molar-refractivity contribution is -0.139. The van der Waals surface area contributed by atoms with Crippen LogP contribution in [-0.2, 0) is 0 Å². The minimum absolute atomic E-state index is 0.305. The molecule has 1 rings (SSSR count). The second kappa shape index (κ2) is 4.21. The van der Waals surface area contributed by atoms with Crippen molar-refractivity contribution in [1.29, 1.82) is 0 Å². The number of ether oxygens (including phenoxy) is 1. The molecule has 0 fully saturated rings. The molecule has 0 radical (unpaired) electrons. The quantitative estimate of drug-likeness (QED) is 0.760. The van der Waals surface area contributed by atoms with Gasteiger partial charge in [0.25, 0.3) is 0 Å². The average Bonchev–Trinajstić information content (AvgIpc) is 2.27. The van der Waals surface area contributed by atoms with Crippen molar-refractivity contribution in [3.8, 4) is 5.75 Å². The van der Waals surface area contributed by atoms with Crippen LogP contribution in [0.1, 0.15) is 16.2 Å². The normalized spacial score (nSPS) is 11.8. The summed E-state index contributed by atoms with van der Waals surface area (Å²) in [5.74, 6) is 0.566. The summed E-state index contributed by atoms with van der Waals surface area (Å²) in [5.41, 5.74) is 0. The van der Waals surface area contributed by atoms with Crippen molar-refractivity contribution in [2.45, 2.75) is 26.4 Å². The van der Waals surface area contributed by atoms with E-state index in [4.69, 9.17) is 4.74 Å². The molecule has 1 nitrogen and oxygen atoms in total.